The van der Waals surface area contributed by atoms with Gasteiger partial charge >= 0.3 is 23.5 Å². The molecule has 68 heavy (non-hydrogen) atoms. The van der Waals surface area contributed by atoms with E-state index in [0.29, 0.717) is 18.6 Å². The Morgan fingerprint density at radius 1 is 0.926 bits per heavy atom. The zero-order chi connectivity index (χ0) is 50.5. The number of phosphoric ester groups is 3. The lowest BCUT2D eigenvalue weighted by Gasteiger charge is -2.30. The molecule has 0 saturated carbocycles. The van der Waals surface area contributed by atoms with Crippen molar-refractivity contribution in [2.75, 3.05) is 37.8 Å². The lowest BCUT2D eigenvalue weighted by atomic mass is 9.87. The highest BCUT2D eigenvalue weighted by Gasteiger charge is 2.50. The molecule has 1 saturated heterocycles. The van der Waals surface area contributed by atoms with Gasteiger partial charge in [-0.15, -0.1) is 0 Å². The van der Waals surface area contributed by atoms with Gasteiger partial charge in [0.1, 0.15) is 36.3 Å². The SMILES string of the molecule is CCCCCCC(O)C/C=C/CCCCCCCC(=O)SCCNC(=O)CCNC(=O)C(O)C(C)(C)COP(=O)(O)OP(=O)(O)OCC1OC(n2cnc3c(N)ncnc32)C(O)C1OP(=O)(O)O. The molecular formula is C39H68N7O18P3S. The molecule has 8 atom stereocenters. The average Bonchev–Trinajstić information content (AvgIpc) is 3.82. The van der Waals surface area contributed by atoms with Crippen LogP contribution in [0.5, 0.6) is 0 Å². The second-order valence-electron chi connectivity index (χ2n) is 16.8. The highest BCUT2D eigenvalue weighted by Crippen LogP contribution is 2.61. The van der Waals surface area contributed by atoms with Gasteiger partial charge in [0.05, 0.1) is 25.6 Å². The molecular weight excluding hydrogens is 979 g/mol. The molecule has 0 aliphatic carbocycles. The number of carbonyl (C=O) groups excluding carboxylic acids is 3. The molecule has 25 nitrogen and oxygen atoms in total. The monoisotopic (exact) mass is 1050 g/mol. The molecule has 3 heterocycles. The van der Waals surface area contributed by atoms with Crippen LogP contribution in [-0.2, 0) is 50.7 Å². The summed E-state index contributed by atoms with van der Waals surface area (Å²) in [5.41, 5.74) is 4.27. The molecule has 0 spiro atoms. The quantitative estimate of drug-likeness (QED) is 0.0271. The number of nitrogen functional groups attached to an aromatic ring is 1. The summed E-state index contributed by atoms with van der Waals surface area (Å²) in [6.45, 7) is 2.68. The number of hydrogen-bond acceptors (Lipinski definition) is 19. The van der Waals surface area contributed by atoms with Crippen molar-refractivity contribution in [3.05, 3.63) is 24.8 Å². The van der Waals surface area contributed by atoms with E-state index < -0.39 is 84.6 Å². The van der Waals surface area contributed by atoms with E-state index >= 15 is 0 Å². The number of aromatic nitrogens is 4. The number of rotatable bonds is 34. The third-order valence-corrected chi connectivity index (χ3v) is 14.5. The van der Waals surface area contributed by atoms with Crippen molar-refractivity contribution in [3.63, 3.8) is 0 Å². The van der Waals surface area contributed by atoms with Crippen LogP contribution in [0, 0.1) is 5.41 Å². The Kier molecular flexibility index (Phi) is 25.4. The summed E-state index contributed by atoms with van der Waals surface area (Å²) >= 11 is 1.13. The number of aliphatic hydroxyl groups is 3. The molecule has 2 aromatic heterocycles. The lowest BCUT2D eigenvalue weighted by Crippen LogP contribution is -2.46. The highest BCUT2D eigenvalue weighted by atomic mass is 32.2. The van der Waals surface area contributed by atoms with Gasteiger partial charge in [0.15, 0.2) is 22.8 Å². The Labute approximate surface area is 399 Å². The van der Waals surface area contributed by atoms with Crippen molar-refractivity contribution in [1.29, 1.82) is 0 Å². The number of thioether (sulfide) groups is 1. The molecule has 388 valence electrons. The van der Waals surface area contributed by atoms with Gasteiger partial charge in [-0.25, -0.2) is 28.6 Å². The van der Waals surface area contributed by atoms with Gasteiger partial charge in [-0.2, -0.15) is 4.31 Å². The van der Waals surface area contributed by atoms with Crippen LogP contribution >= 0.6 is 35.2 Å². The van der Waals surface area contributed by atoms with Gasteiger partial charge in [0.25, 0.3) is 0 Å². The van der Waals surface area contributed by atoms with Crippen LogP contribution in [-0.4, -0.2) is 134 Å². The zero-order valence-corrected chi connectivity index (χ0v) is 41.9. The summed E-state index contributed by atoms with van der Waals surface area (Å²) in [5, 5.41) is 36.6. The number of aliphatic hydroxyl groups excluding tert-OH is 3. The summed E-state index contributed by atoms with van der Waals surface area (Å²) in [6, 6.07) is 0. The first kappa shape index (κ1) is 59.6. The molecule has 0 aromatic carbocycles. The van der Waals surface area contributed by atoms with E-state index in [0.717, 1.165) is 80.4 Å². The number of amides is 2. The van der Waals surface area contributed by atoms with Crippen molar-refractivity contribution < 1.29 is 85.6 Å². The van der Waals surface area contributed by atoms with E-state index in [1.807, 2.05) is 0 Å². The van der Waals surface area contributed by atoms with Gasteiger partial charge in [-0.1, -0.05) is 89.6 Å². The highest BCUT2D eigenvalue weighted by molar-refractivity contribution is 8.13. The second kappa shape index (κ2) is 28.9. The number of phosphoric acid groups is 3. The zero-order valence-electron chi connectivity index (χ0n) is 38.4. The van der Waals surface area contributed by atoms with Crippen LogP contribution < -0.4 is 16.4 Å². The van der Waals surface area contributed by atoms with Crippen LogP contribution in [0.2, 0.25) is 0 Å². The first-order valence-corrected chi connectivity index (χ1v) is 27.8. The Bertz CT molecular complexity index is 2080. The molecule has 0 bridgehead atoms. The van der Waals surface area contributed by atoms with Crippen molar-refractivity contribution in [3.8, 4) is 0 Å². The van der Waals surface area contributed by atoms with Gasteiger partial charge in [0, 0.05) is 37.1 Å². The fourth-order valence-corrected chi connectivity index (χ4v) is 10.3. The number of unbranched alkanes of at least 4 members (excludes halogenated alkanes) is 8. The number of nitrogens with two attached hydrogens (primary N) is 1. The molecule has 2 amide bonds. The fourth-order valence-electron chi connectivity index (χ4n) is 6.72. The summed E-state index contributed by atoms with van der Waals surface area (Å²) in [5.74, 6) is -1.08. The van der Waals surface area contributed by atoms with E-state index in [4.69, 9.17) is 19.5 Å². The van der Waals surface area contributed by atoms with Crippen molar-refractivity contribution in [1.82, 2.24) is 30.2 Å². The number of anilines is 1. The smallest absolute Gasteiger partial charge is 0.393 e. The molecule has 2 aromatic rings. The number of fused-ring (bicyclic) bond motifs is 1. The number of ether oxygens (including phenoxy) is 1. The van der Waals surface area contributed by atoms with E-state index in [1.54, 1.807) is 0 Å². The number of hydrogen-bond donors (Lipinski definition) is 10. The Hall–Kier alpha value is -2.74. The van der Waals surface area contributed by atoms with Crippen molar-refractivity contribution in [2.24, 2.45) is 5.41 Å². The third-order valence-electron chi connectivity index (χ3n) is 10.5. The molecule has 3 rings (SSSR count). The molecule has 1 aliphatic heterocycles. The number of carbonyl (C=O) groups is 3. The van der Waals surface area contributed by atoms with Crippen LogP contribution in [0.15, 0.2) is 24.8 Å². The number of allylic oxidation sites excluding steroid dienone is 1. The van der Waals surface area contributed by atoms with Crippen molar-refractivity contribution >= 4 is 69.1 Å². The van der Waals surface area contributed by atoms with Crippen LogP contribution in [0.25, 0.3) is 11.2 Å². The molecule has 0 radical (unpaired) electrons. The summed E-state index contributed by atoms with van der Waals surface area (Å²) in [7, 11) is -16.4. The van der Waals surface area contributed by atoms with Gasteiger partial charge in [-0.05, 0) is 32.1 Å². The molecule has 29 heteroatoms. The average molecular weight is 1050 g/mol. The Morgan fingerprint density at radius 3 is 2.34 bits per heavy atom. The van der Waals surface area contributed by atoms with Crippen LogP contribution in [0.4, 0.5) is 5.82 Å². The minimum absolute atomic E-state index is 0.0298. The summed E-state index contributed by atoms with van der Waals surface area (Å²) in [6.07, 6.45) is 9.52. The summed E-state index contributed by atoms with van der Waals surface area (Å²) < 4.78 is 62.4. The maximum absolute atomic E-state index is 12.7. The minimum Gasteiger partial charge on any atom is -0.393 e. The standard InChI is InChI=1S/C39H68N7O18P3S/c1-4-5-6-13-16-27(47)17-14-11-9-7-8-10-12-15-18-30(49)68-22-21-41-29(48)19-20-42-37(52)34(51)39(2,3)24-61-67(58,59)64-66(56,57)60-23-28-33(63-65(53,54)55)32(50)38(62-28)46-26-45-31-35(40)43-25-44-36(31)46/h11,14,25-28,32-34,38,47,50-51H,4-10,12-13,15-24H2,1-3H3,(H,41,48)(H,42,52)(H,56,57)(H,58,59)(H2,40,43,44)(H2,53,54,55)/b14-11+. The third kappa shape index (κ3) is 21.7. The van der Waals surface area contributed by atoms with E-state index in [-0.39, 0.29) is 47.7 Å². The normalized spacial score (nSPS) is 20.6. The van der Waals surface area contributed by atoms with E-state index in [1.165, 1.54) is 33.1 Å². The first-order valence-electron chi connectivity index (χ1n) is 22.3. The van der Waals surface area contributed by atoms with E-state index in [2.05, 4.69) is 53.5 Å². The predicted octanol–water partition coefficient (Wildman–Crippen LogP) is 3.67. The molecule has 1 fully saturated rings. The maximum atomic E-state index is 12.7. The van der Waals surface area contributed by atoms with Crippen LogP contribution in [0.3, 0.4) is 0 Å². The topological polar surface area (TPSA) is 384 Å². The first-order chi connectivity index (χ1) is 31.9. The maximum Gasteiger partial charge on any atom is 0.481 e. The van der Waals surface area contributed by atoms with Crippen molar-refractivity contribution in [2.45, 2.75) is 147 Å². The molecule has 8 unspecified atom stereocenters. The Balaban J connectivity index is 1.30. The fraction of sp³-hybridized carbons (Fsp3) is 0.744. The van der Waals surface area contributed by atoms with Crippen LogP contribution in [0.1, 0.15) is 117 Å². The molecule has 11 N–H and O–H groups in total. The Morgan fingerprint density at radius 2 is 1.62 bits per heavy atom. The number of imidazole rings is 1. The number of nitrogens with one attached hydrogen (secondary N) is 2. The predicted molar refractivity (Wildman–Crippen MR) is 248 cm³/mol. The molecule has 1 aliphatic rings. The van der Waals surface area contributed by atoms with Gasteiger partial charge < -0.3 is 56.0 Å². The largest absolute Gasteiger partial charge is 0.481 e. The lowest BCUT2D eigenvalue weighted by molar-refractivity contribution is -0.137. The minimum atomic E-state index is -5.58. The number of nitrogens with zero attached hydrogens (tertiary/aromatic N) is 4. The second-order valence-corrected chi connectivity index (χ2v) is 22.2. The van der Waals surface area contributed by atoms with E-state index in [9.17, 15) is 63.0 Å². The van der Waals surface area contributed by atoms with Gasteiger partial charge in [0.2, 0.25) is 11.8 Å². The van der Waals surface area contributed by atoms with Gasteiger partial charge in [-0.3, -0.25) is 32.5 Å². The summed E-state index contributed by atoms with van der Waals surface area (Å²) in [4.78, 5) is 88.4.